The highest BCUT2D eigenvalue weighted by atomic mass is 16.5. The molecule has 4 nitrogen and oxygen atoms in total. The number of aromatic hydroxyl groups is 2. The lowest BCUT2D eigenvalue weighted by Gasteiger charge is -2.43. The zero-order valence-corrected chi connectivity index (χ0v) is 19.1. The molecule has 1 aromatic rings. The molecule has 0 saturated carbocycles. The van der Waals surface area contributed by atoms with E-state index in [0.29, 0.717) is 11.5 Å². The lowest BCUT2D eigenvalue weighted by atomic mass is 9.64. The molecule has 0 unspecified atom stereocenters. The Balaban J connectivity index is 1.81. The van der Waals surface area contributed by atoms with Crippen LogP contribution in [0.1, 0.15) is 84.8 Å². The maximum absolute atomic E-state index is 11.1. The molecule has 0 amide bonds. The lowest BCUT2D eigenvalue weighted by Crippen LogP contribution is -2.39. The van der Waals surface area contributed by atoms with Crippen molar-refractivity contribution in [3.8, 4) is 11.5 Å². The molecule has 2 aliphatic rings. The molecule has 5 atom stereocenters. The van der Waals surface area contributed by atoms with Gasteiger partial charge in [0, 0.05) is 5.56 Å². The Morgan fingerprint density at radius 3 is 2.53 bits per heavy atom. The second kappa shape index (κ2) is 8.76. The van der Waals surface area contributed by atoms with E-state index in [1.165, 1.54) is 36.6 Å². The highest BCUT2D eigenvalue weighted by molar-refractivity contribution is 5.41. The predicted octanol–water partition coefficient (Wildman–Crippen LogP) is 6.18. The summed E-state index contributed by atoms with van der Waals surface area (Å²) in [6.45, 7) is 11.1. The van der Waals surface area contributed by atoms with Crippen molar-refractivity contribution in [3.63, 3.8) is 0 Å². The Morgan fingerprint density at radius 1 is 1.10 bits per heavy atom. The van der Waals surface area contributed by atoms with Gasteiger partial charge in [-0.3, -0.25) is 0 Å². The minimum atomic E-state index is -1.04. The third kappa shape index (κ3) is 4.60. The third-order valence-corrected chi connectivity index (χ3v) is 7.83. The summed E-state index contributed by atoms with van der Waals surface area (Å²) >= 11 is 0. The Kier molecular flexibility index (Phi) is 6.69. The van der Waals surface area contributed by atoms with Crippen molar-refractivity contribution >= 4 is 0 Å². The number of aliphatic hydroxyl groups excluding tert-OH is 1. The number of hydrogen-bond donors (Lipinski definition) is 3. The van der Waals surface area contributed by atoms with Gasteiger partial charge in [0.25, 0.3) is 0 Å². The topological polar surface area (TPSA) is 69.9 Å². The molecule has 1 aliphatic heterocycles. The molecule has 0 fully saturated rings. The maximum atomic E-state index is 11.1. The van der Waals surface area contributed by atoms with Gasteiger partial charge in [0.15, 0.2) is 0 Å². The first-order valence-electron chi connectivity index (χ1n) is 11.3. The van der Waals surface area contributed by atoms with Gasteiger partial charge in [0.1, 0.15) is 23.7 Å². The van der Waals surface area contributed by atoms with E-state index in [-0.39, 0.29) is 22.5 Å². The summed E-state index contributed by atoms with van der Waals surface area (Å²) in [5.74, 6) is 0.621. The van der Waals surface area contributed by atoms with Crippen LogP contribution in [-0.2, 0) is 4.74 Å². The molecule has 0 saturated heterocycles. The quantitative estimate of drug-likeness (QED) is 0.397. The molecular formula is C26H38O4. The standard InChI is InChI=1S/C26H38O4/c1-17-8-7-13-25(4,14-15-26(5)18(2)9-6-10-19(26)3)30-24(17)23(29)21-16-20(27)11-12-22(21)28/h8-9,11-12,16,19,23-24,27-29H,6-7,10,13-15H2,1-5H3/t19-,23-,24-,25+,26+/m0/s1. The largest absolute Gasteiger partial charge is 0.508 e. The van der Waals surface area contributed by atoms with Crippen molar-refractivity contribution in [2.45, 2.75) is 91.0 Å². The fourth-order valence-corrected chi connectivity index (χ4v) is 5.08. The minimum absolute atomic E-state index is 0.0151. The minimum Gasteiger partial charge on any atom is -0.508 e. The number of allylic oxidation sites excluding steroid dienone is 3. The zero-order chi connectivity index (χ0) is 22.1. The summed E-state index contributed by atoms with van der Waals surface area (Å²) in [6.07, 6.45) is 9.07. The molecule has 4 heteroatoms. The number of phenolic OH excluding ortho intramolecular Hbond substituents is 2. The second-order valence-electron chi connectivity index (χ2n) is 9.95. The summed E-state index contributed by atoms with van der Waals surface area (Å²) in [5, 5.41) is 31.2. The first-order valence-corrected chi connectivity index (χ1v) is 11.3. The average Bonchev–Trinajstić information content (AvgIpc) is 2.85. The third-order valence-electron chi connectivity index (χ3n) is 7.83. The van der Waals surface area contributed by atoms with Crippen LogP contribution in [0.25, 0.3) is 0 Å². The van der Waals surface area contributed by atoms with Crippen LogP contribution in [0, 0.1) is 11.3 Å². The molecule has 1 aliphatic carbocycles. The van der Waals surface area contributed by atoms with Crippen molar-refractivity contribution in [2.75, 3.05) is 0 Å². The van der Waals surface area contributed by atoms with Crippen molar-refractivity contribution < 1.29 is 20.1 Å². The molecule has 166 valence electrons. The molecule has 0 spiro atoms. The van der Waals surface area contributed by atoms with Gasteiger partial charge >= 0.3 is 0 Å². The zero-order valence-electron chi connectivity index (χ0n) is 19.1. The van der Waals surface area contributed by atoms with Gasteiger partial charge in [0.2, 0.25) is 0 Å². The first kappa shape index (κ1) is 22.9. The number of rotatable bonds is 5. The molecule has 0 radical (unpaired) electrons. The van der Waals surface area contributed by atoms with Crippen LogP contribution < -0.4 is 0 Å². The summed E-state index contributed by atoms with van der Waals surface area (Å²) in [7, 11) is 0. The molecule has 0 bridgehead atoms. The number of hydrogen-bond acceptors (Lipinski definition) is 4. The van der Waals surface area contributed by atoms with E-state index in [2.05, 4.69) is 39.8 Å². The van der Waals surface area contributed by atoms with Gasteiger partial charge < -0.3 is 20.1 Å². The van der Waals surface area contributed by atoms with E-state index in [1.807, 2.05) is 6.92 Å². The summed E-state index contributed by atoms with van der Waals surface area (Å²) < 4.78 is 6.60. The Labute approximate surface area is 181 Å². The smallest absolute Gasteiger partial charge is 0.121 e. The highest BCUT2D eigenvalue weighted by Crippen LogP contribution is 2.48. The summed E-state index contributed by atoms with van der Waals surface area (Å²) in [6, 6.07) is 4.23. The summed E-state index contributed by atoms with van der Waals surface area (Å²) in [5.41, 5.74) is 2.55. The van der Waals surface area contributed by atoms with Crippen LogP contribution in [0.15, 0.2) is 41.5 Å². The Bertz CT molecular complexity index is 826. The monoisotopic (exact) mass is 414 g/mol. The Morgan fingerprint density at radius 2 is 1.83 bits per heavy atom. The van der Waals surface area contributed by atoms with E-state index >= 15 is 0 Å². The molecular weight excluding hydrogens is 376 g/mol. The van der Waals surface area contributed by atoms with E-state index < -0.39 is 12.2 Å². The molecule has 1 aromatic carbocycles. The lowest BCUT2D eigenvalue weighted by molar-refractivity contribution is -0.120. The van der Waals surface area contributed by atoms with Crippen LogP contribution in [0.4, 0.5) is 0 Å². The fraction of sp³-hybridized carbons (Fsp3) is 0.615. The van der Waals surface area contributed by atoms with Crippen LogP contribution in [-0.4, -0.2) is 27.0 Å². The fourth-order valence-electron chi connectivity index (χ4n) is 5.08. The van der Waals surface area contributed by atoms with E-state index in [9.17, 15) is 15.3 Å². The van der Waals surface area contributed by atoms with Gasteiger partial charge in [-0.2, -0.15) is 0 Å². The first-order chi connectivity index (χ1) is 14.1. The van der Waals surface area contributed by atoms with Gasteiger partial charge in [-0.25, -0.2) is 0 Å². The normalized spacial score (nSPS) is 33.4. The van der Waals surface area contributed by atoms with Crippen LogP contribution >= 0.6 is 0 Å². The molecule has 30 heavy (non-hydrogen) atoms. The second-order valence-corrected chi connectivity index (χ2v) is 9.95. The maximum Gasteiger partial charge on any atom is 0.121 e. The Hall–Kier alpha value is -1.78. The highest BCUT2D eigenvalue weighted by Gasteiger charge is 2.40. The number of benzene rings is 1. The molecule has 3 N–H and O–H groups in total. The van der Waals surface area contributed by atoms with Gasteiger partial charge in [0.05, 0.1) is 5.60 Å². The van der Waals surface area contributed by atoms with Crippen molar-refractivity contribution in [1.82, 2.24) is 0 Å². The number of phenols is 2. The van der Waals surface area contributed by atoms with Crippen LogP contribution in [0.5, 0.6) is 11.5 Å². The van der Waals surface area contributed by atoms with Gasteiger partial charge in [-0.15, -0.1) is 0 Å². The van der Waals surface area contributed by atoms with Crippen molar-refractivity contribution in [1.29, 1.82) is 0 Å². The predicted molar refractivity (Wildman–Crippen MR) is 120 cm³/mol. The molecule has 3 rings (SSSR count). The SMILES string of the molecule is CC1=CCC[C@](C)(CC[C@]2(C)C(C)=CCC[C@@H]2C)O[C@@H]1[C@@H](O)c1cc(O)ccc1O. The summed E-state index contributed by atoms with van der Waals surface area (Å²) in [4.78, 5) is 0. The molecule has 0 aromatic heterocycles. The van der Waals surface area contributed by atoms with Crippen molar-refractivity contribution in [3.05, 3.63) is 47.1 Å². The van der Waals surface area contributed by atoms with Crippen molar-refractivity contribution in [2.24, 2.45) is 11.3 Å². The van der Waals surface area contributed by atoms with Crippen LogP contribution in [0.3, 0.4) is 0 Å². The number of ether oxygens (including phenoxy) is 1. The van der Waals surface area contributed by atoms with E-state index in [1.54, 1.807) is 0 Å². The van der Waals surface area contributed by atoms with Crippen LogP contribution in [0.2, 0.25) is 0 Å². The number of aliphatic hydroxyl groups is 1. The molecule has 1 heterocycles. The average molecular weight is 415 g/mol. The van der Waals surface area contributed by atoms with Gasteiger partial charge in [-0.1, -0.05) is 31.6 Å². The van der Waals surface area contributed by atoms with E-state index in [0.717, 1.165) is 31.3 Å². The van der Waals surface area contributed by atoms with Gasteiger partial charge in [-0.05, 0) is 94.4 Å². The van der Waals surface area contributed by atoms with E-state index in [4.69, 9.17) is 4.74 Å².